The van der Waals surface area contributed by atoms with Crippen LogP contribution in [0.4, 0.5) is 0 Å². The van der Waals surface area contributed by atoms with Gasteiger partial charge in [0, 0.05) is 26.0 Å². The Bertz CT molecular complexity index is 699. The first kappa shape index (κ1) is 12.9. The van der Waals surface area contributed by atoms with E-state index < -0.39 is 5.91 Å². The maximum Gasteiger partial charge on any atom is 0.283 e. The molecule has 0 fully saturated rings. The van der Waals surface area contributed by atoms with Gasteiger partial charge in [0.2, 0.25) is 0 Å². The van der Waals surface area contributed by atoms with Crippen molar-refractivity contribution in [1.29, 1.82) is 0 Å². The Balaban J connectivity index is 2.26. The molecule has 2 aromatic carbocycles. The van der Waals surface area contributed by atoms with Gasteiger partial charge in [-0.2, -0.15) is 0 Å². The minimum atomic E-state index is -0.954. The molecule has 0 unspecified atom stereocenters. The van der Waals surface area contributed by atoms with Gasteiger partial charge in [-0.05, 0) is 17.5 Å². The van der Waals surface area contributed by atoms with Crippen LogP contribution in [0.1, 0.15) is 5.56 Å². The number of benzene rings is 2. The van der Waals surface area contributed by atoms with Crippen LogP contribution in [0.15, 0.2) is 66.9 Å². The molecule has 3 nitrogen and oxygen atoms in total. The Morgan fingerprint density at radius 3 is 2.15 bits per heavy atom. The highest BCUT2D eigenvalue weighted by molar-refractivity contribution is 5.80. The third-order valence-electron chi connectivity index (χ3n) is 3.61. The van der Waals surface area contributed by atoms with Crippen molar-refractivity contribution in [2.24, 2.45) is 0 Å². The molecule has 0 aliphatic heterocycles. The molecule has 0 N–H and O–H groups in total. The van der Waals surface area contributed by atoms with Crippen LogP contribution in [0.2, 0.25) is 0 Å². The van der Waals surface area contributed by atoms with E-state index in [0.29, 0.717) is 0 Å². The Morgan fingerprint density at radius 1 is 0.800 bits per heavy atom. The van der Waals surface area contributed by atoms with Crippen LogP contribution in [0.25, 0.3) is 10.9 Å². The number of nitrogens with zero attached hydrogens (tertiary/aromatic N) is 1. The van der Waals surface area contributed by atoms with E-state index in [2.05, 4.69) is 18.2 Å². The van der Waals surface area contributed by atoms with E-state index in [-0.39, 0.29) is 0 Å². The predicted molar refractivity (Wildman–Crippen MR) is 79.5 cm³/mol. The van der Waals surface area contributed by atoms with Crippen molar-refractivity contribution < 1.29 is 9.47 Å². The molecule has 0 saturated carbocycles. The van der Waals surface area contributed by atoms with Crippen LogP contribution >= 0.6 is 0 Å². The lowest BCUT2D eigenvalue weighted by molar-refractivity contribution is -0.233. The summed E-state index contributed by atoms with van der Waals surface area (Å²) < 4.78 is 13.5. The first-order chi connectivity index (χ1) is 9.81. The minimum absolute atomic E-state index is 0.950. The number of rotatable bonds is 4. The van der Waals surface area contributed by atoms with Crippen LogP contribution in [0.5, 0.6) is 0 Å². The van der Waals surface area contributed by atoms with Crippen LogP contribution in [-0.2, 0) is 15.4 Å². The van der Waals surface area contributed by atoms with E-state index in [0.717, 1.165) is 16.5 Å². The molecule has 1 heterocycles. The van der Waals surface area contributed by atoms with Crippen molar-refractivity contribution in [2.45, 2.75) is 5.91 Å². The van der Waals surface area contributed by atoms with E-state index in [1.54, 1.807) is 14.2 Å². The molecular formula is C17H17NO2. The van der Waals surface area contributed by atoms with Crippen LogP contribution in [-0.4, -0.2) is 18.8 Å². The molecule has 1 aromatic heterocycles. The number of hydrogen-bond donors (Lipinski definition) is 0. The summed E-state index contributed by atoms with van der Waals surface area (Å²) in [5, 5.41) is 1.15. The van der Waals surface area contributed by atoms with Gasteiger partial charge in [-0.15, -0.1) is 0 Å². The summed E-state index contributed by atoms with van der Waals surface area (Å²) in [6.07, 6.45) is 1.99. The van der Waals surface area contributed by atoms with E-state index in [9.17, 15) is 0 Å². The topological polar surface area (TPSA) is 23.4 Å². The lowest BCUT2D eigenvalue weighted by Gasteiger charge is -2.33. The Kier molecular flexibility index (Phi) is 3.30. The van der Waals surface area contributed by atoms with Crippen molar-refractivity contribution in [3.8, 4) is 0 Å². The molecule has 0 aliphatic carbocycles. The van der Waals surface area contributed by atoms with Crippen LogP contribution in [0, 0.1) is 0 Å². The first-order valence-electron chi connectivity index (χ1n) is 6.54. The van der Waals surface area contributed by atoms with Crippen molar-refractivity contribution in [3.63, 3.8) is 0 Å². The minimum Gasteiger partial charge on any atom is -0.332 e. The quantitative estimate of drug-likeness (QED) is 0.674. The third kappa shape index (κ3) is 1.83. The summed E-state index contributed by atoms with van der Waals surface area (Å²) in [5.41, 5.74) is 2.02. The first-order valence-corrected chi connectivity index (χ1v) is 6.54. The largest absolute Gasteiger partial charge is 0.332 e. The van der Waals surface area contributed by atoms with Crippen molar-refractivity contribution >= 4 is 10.9 Å². The average Bonchev–Trinajstić information content (AvgIpc) is 2.95. The second-order valence-electron chi connectivity index (χ2n) is 4.60. The molecule has 102 valence electrons. The van der Waals surface area contributed by atoms with Gasteiger partial charge in [-0.1, -0.05) is 48.5 Å². The fourth-order valence-corrected chi connectivity index (χ4v) is 2.64. The molecule has 0 atom stereocenters. The lowest BCUT2D eigenvalue weighted by atomic mass is 10.1. The maximum absolute atomic E-state index is 5.77. The third-order valence-corrected chi connectivity index (χ3v) is 3.61. The van der Waals surface area contributed by atoms with Gasteiger partial charge < -0.3 is 9.47 Å². The monoisotopic (exact) mass is 267 g/mol. The van der Waals surface area contributed by atoms with Gasteiger partial charge in [0.05, 0.1) is 5.52 Å². The van der Waals surface area contributed by atoms with Crippen LogP contribution in [0.3, 0.4) is 0 Å². The molecule has 0 radical (unpaired) electrons. The average molecular weight is 267 g/mol. The van der Waals surface area contributed by atoms with Crippen molar-refractivity contribution in [1.82, 2.24) is 4.57 Å². The molecule has 0 bridgehead atoms. The molecule has 3 rings (SSSR count). The predicted octanol–water partition coefficient (Wildman–Crippen LogP) is 3.59. The van der Waals surface area contributed by atoms with Gasteiger partial charge >= 0.3 is 0 Å². The van der Waals surface area contributed by atoms with Gasteiger partial charge in [0.25, 0.3) is 5.91 Å². The van der Waals surface area contributed by atoms with E-state index in [4.69, 9.17) is 9.47 Å². The highest BCUT2D eigenvalue weighted by atomic mass is 16.7. The molecule has 3 aromatic rings. The number of aromatic nitrogens is 1. The summed E-state index contributed by atoms with van der Waals surface area (Å²) >= 11 is 0. The SMILES string of the molecule is COC(OC)(c1ccccc1)n1ccc2ccccc21. The van der Waals surface area contributed by atoms with E-state index >= 15 is 0 Å². The fraction of sp³-hybridized carbons (Fsp3) is 0.176. The highest BCUT2D eigenvalue weighted by Gasteiger charge is 2.35. The van der Waals surface area contributed by atoms with Gasteiger partial charge in [-0.3, -0.25) is 4.57 Å². The number of hydrogen-bond acceptors (Lipinski definition) is 2. The second-order valence-corrected chi connectivity index (χ2v) is 4.60. The summed E-state index contributed by atoms with van der Waals surface area (Å²) in [6, 6.07) is 20.2. The smallest absolute Gasteiger partial charge is 0.283 e. The van der Waals surface area contributed by atoms with Gasteiger partial charge in [-0.25, -0.2) is 0 Å². The summed E-state index contributed by atoms with van der Waals surface area (Å²) in [6.45, 7) is 0. The zero-order valence-corrected chi connectivity index (χ0v) is 11.6. The Labute approximate surface area is 118 Å². The molecule has 0 saturated heterocycles. The zero-order valence-electron chi connectivity index (χ0n) is 11.6. The maximum atomic E-state index is 5.77. The van der Waals surface area contributed by atoms with Crippen LogP contribution < -0.4 is 0 Å². The van der Waals surface area contributed by atoms with E-state index in [1.165, 1.54) is 0 Å². The molecule has 20 heavy (non-hydrogen) atoms. The number of methoxy groups -OCH3 is 2. The fourth-order valence-electron chi connectivity index (χ4n) is 2.64. The number of fused-ring (bicyclic) bond motifs is 1. The normalized spacial score (nSPS) is 11.9. The highest BCUT2D eigenvalue weighted by Crippen LogP contribution is 2.32. The molecular weight excluding hydrogens is 250 g/mol. The van der Waals surface area contributed by atoms with E-state index in [1.807, 2.05) is 53.2 Å². The summed E-state index contributed by atoms with van der Waals surface area (Å²) in [4.78, 5) is 0. The number of para-hydroxylation sites is 1. The van der Waals surface area contributed by atoms with Gasteiger partial charge in [0.15, 0.2) is 0 Å². The second kappa shape index (κ2) is 5.12. The standard InChI is InChI=1S/C17H17NO2/c1-19-17(20-2,15-9-4-3-5-10-15)18-13-12-14-8-6-7-11-16(14)18/h3-13H,1-2H3. The Morgan fingerprint density at radius 2 is 1.45 bits per heavy atom. The summed E-state index contributed by atoms with van der Waals surface area (Å²) in [7, 11) is 3.32. The lowest BCUT2D eigenvalue weighted by Crippen LogP contribution is -2.38. The Hall–Kier alpha value is -2.10. The zero-order chi connectivity index (χ0) is 14.0. The number of ether oxygens (including phenoxy) is 2. The molecule has 0 aliphatic rings. The molecule has 0 amide bonds. The molecule has 0 spiro atoms. The summed E-state index contributed by atoms with van der Waals surface area (Å²) in [5.74, 6) is -0.954. The molecule has 3 heteroatoms. The van der Waals surface area contributed by atoms with Crippen molar-refractivity contribution in [2.75, 3.05) is 14.2 Å². The van der Waals surface area contributed by atoms with Crippen molar-refractivity contribution in [3.05, 3.63) is 72.4 Å². The van der Waals surface area contributed by atoms with Gasteiger partial charge in [0.1, 0.15) is 0 Å².